The van der Waals surface area contributed by atoms with Gasteiger partial charge in [-0.2, -0.15) is 0 Å². The summed E-state index contributed by atoms with van der Waals surface area (Å²) in [5, 5.41) is 0. The second-order valence-electron chi connectivity index (χ2n) is 4.77. The fourth-order valence-corrected chi connectivity index (χ4v) is 2.49. The highest BCUT2D eigenvalue weighted by molar-refractivity contribution is 6.17. The van der Waals surface area contributed by atoms with Crippen LogP contribution in [0.4, 0.5) is 0 Å². The molecule has 0 bridgehead atoms. The van der Waals surface area contributed by atoms with Gasteiger partial charge in [0.1, 0.15) is 6.61 Å². The second-order valence-corrected chi connectivity index (χ2v) is 5.04. The first-order valence-corrected chi connectivity index (χ1v) is 7.37. The fraction of sp³-hybridized carbons (Fsp3) is 0.600. The van der Waals surface area contributed by atoms with E-state index in [4.69, 9.17) is 25.8 Å². The van der Waals surface area contributed by atoms with Gasteiger partial charge in [0, 0.05) is 5.56 Å². The van der Waals surface area contributed by atoms with E-state index < -0.39 is 0 Å². The van der Waals surface area contributed by atoms with Crippen molar-refractivity contribution < 1.29 is 14.2 Å². The maximum absolute atomic E-state index is 5.96. The summed E-state index contributed by atoms with van der Waals surface area (Å²) >= 11 is 5.96. The lowest BCUT2D eigenvalue weighted by Gasteiger charge is -2.17. The second kappa shape index (κ2) is 7.01. The highest BCUT2D eigenvalue weighted by atomic mass is 35.5. The van der Waals surface area contributed by atoms with Crippen molar-refractivity contribution in [1.29, 1.82) is 0 Å². The summed E-state index contributed by atoms with van der Waals surface area (Å²) < 4.78 is 17.3. The van der Waals surface area contributed by atoms with E-state index in [1.54, 1.807) is 0 Å². The van der Waals surface area contributed by atoms with Crippen LogP contribution in [0, 0.1) is 0 Å². The molecule has 2 atom stereocenters. The van der Waals surface area contributed by atoms with Crippen LogP contribution in [0.5, 0.6) is 11.5 Å². The van der Waals surface area contributed by atoms with Gasteiger partial charge in [0.2, 0.25) is 0 Å². The fourth-order valence-electron chi connectivity index (χ4n) is 2.28. The number of benzene rings is 1. The maximum atomic E-state index is 5.96. The molecule has 1 fully saturated rings. The standard InChI is InChI=1S/C15H21ClO3/c1-3-17-14-6-4-5-12(9-16)15(14)18-10-13-8-7-11(2)19-13/h4-6,11,13H,3,7-10H2,1-2H3. The normalized spacial score (nSPS) is 22.5. The molecule has 0 radical (unpaired) electrons. The Bertz CT molecular complexity index is 408. The number of hydrogen-bond donors (Lipinski definition) is 0. The number of ether oxygens (including phenoxy) is 3. The molecule has 0 aliphatic carbocycles. The topological polar surface area (TPSA) is 27.7 Å². The number of rotatable bonds is 6. The summed E-state index contributed by atoms with van der Waals surface area (Å²) in [6.45, 7) is 5.22. The third kappa shape index (κ3) is 3.77. The van der Waals surface area contributed by atoms with Gasteiger partial charge in [0.15, 0.2) is 11.5 Å². The van der Waals surface area contributed by atoms with Crippen LogP contribution in [0.1, 0.15) is 32.3 Å². The van der Waals surface area contributed by atoms with E-state index in [2.05, 4.69) is 6.92 Å². The Morgan fingerprint density at radius 3 is 2.79 bits per heavy atom. The van der Waals surface area contributed by atoms with E-state index in [9.17, 15) is 0 Å². The van der Waals surface area contributed by atoms with Crippen LogP contribution >= 0.6 is 11.6 Å². The van der Waals surface area contributed by atoms with Crippen molar-refractivity contribution in [3.8, 4) is 11.5 Å². The highest BCUT2D eigenvalue weighted by Gasteiger charge is 2.23. The van der Waals surface area contributed by atoms with Gasteiger partial charge in [-0.15, -0.1) is 11.6 Å². The zero-order chi connectivity index (χ0) is 13.7. The van der Waals surface area contributed by atoms with Crippen LogP contribution in [0.25, 0.3) is 0 Å². The predicted molar refractivity (Wildman–Crippen MR) is 76.2 cm³/mol. The molecule has 106 valence electrons. The molecule has 2 rings (SSSR count). The Balaban J connectivity index is 2.04. The molecule has 1 aliphatic heterocycles. The van der Waals surface area contributed by atoms with Gasteiger partial charge in [0.05, 0.1) is 24.7 Å². The van der Waals surface area contributed by atoms with Crippen molar-refractivity contribution in [2.45, 2.75) is 44.8 Å². The molecule has 4 heteroatoms. The first-order chi connectivity index (χ1) is 9.24. The number of halogens is 1. The van der Waals surface area contributed by atoms with E-state index in [-0.39, 0.29) is 6.10 Å². The molecular formula is C15H21ClO3. The quantitative estimate of drug-likeness (QED) is 0.744. The van der Waals surface area contributed by atoms with E-state index in [1.165, 1.54) is 0 Å². The SMILES string of the molecule is CCOc1cccc(CCl)c1OCC1CCC(C)O1. The Kier molecular flexibility index (Phi) is 5.34. The molecule has 1 aliphatic rings. The third-order valence-electron chi connectivity index (χ3n) is 3.24. The molecule has 0 N–H and O–H groups in total. The van der Waals surface area contributed by atoms with Gasteiger partial charge in [-0.3, -0.25) is 0 Å². The van der Waals surface area contributed by atoms with Crippen molar-refractivity contribution in [2.75, 3.05) is 13.2 Å². The van der Waals surface area contributed by atoms with Gasteiger partial charge >= 0.3 is 0 Å². The van der Waals surface area contributed by atoms with Crippen molar-refractivity contribution in [3.63, 3.8) is 0 Å². The molecule has 0 amide bonds. The summed E-state index contributed by atoms with van der Waals surface area (Å²) in [6, 6.07) is 5.81. The average molecular weight is 285 g/mol. The van der Waals surface area contributed by atoms with Crippen LogP contribution in [0.2, 0.25) is 0 Å². The molecule has 1 aromatic rings. The van der Waals surface area contributed by atoms with E-state index in [0.717, 1.165) is 29.9 Å². The molecule has 3 nitrogen and oxygen atoms in total. The molecule has 19 heavy (non-hydrogen) atoms. The Morgan fingerprint density at radius 1 is 1.32 bits per heavy atom. The van der Waals surface area contributed by atoms with E-state index in [1.807, 2.05) is 25.1 Å². The summed E-state index contributed by atoms with van der Waals surface area (Å²) in [6.07, 6.45) is 2.66. The first kappa shape index (κ1) is 14.5. The molecule has 1 heterocycles. The van der Waals surface area contributed by atoms with Crippen molar-refractivity contribution >= 4 is 11.6 Å². The molecule has 1 saturated heterocycles. The Labute approximate surface area is 119 Å². The molecular weight excluding hydrogens is 264 g/mol. The largest absolute Gasteiger partial charge is 0.490 e. The zero-order valence-electron chi connectivity index (χ0n) is 11.5. The van der Waals surface area contributed by atoms with Gasteiger partial charge < -0.3 is 14.2 Å². The van der Waals surface area contributed by atoms with Gasteiger partial charge in [-0.05, 0) is 32.8 Å². The Morgan fingerprint density at radius 2 is 2.16 bits per heavy atom. The van der Waals surface area contributed by atoms with Crippen molar-refractivity contribution in [2.24, 2.45) is 0 Å². The zero-order valence-corrected chi connectivity index (χ0v) is 12.3. The maximum Gasteiger partial charge on any atom is 0.165 e. The minimum absolute atomic E-state index is 0.174. The monoisotopic (exact) mass is 284 g/mol. The van der Waals surface area contributed by atoms with Gasteiger partial charge in [-0.25, -0.2) is 0 Å². The number of hydrogen-bond acceptors (Lipinski definition) is 3. The summed E-state index contributed by atoms with van der Waals surface area (Å²) in [4.78, 5) is 0. The summed E-state index contributed by atoms with van der Waals surface area (Å²) in [7, 11) is 0. The van der Waals surface area contributed by atoms with Crippen molar-refractivity contribution in [1.82, 2.24) is 0 Å². The van der Waals surface area contributed by atoms with Crippen LogP contribution < -0.4 is 9.47 Å². The van der Waals surface area contributed by atoms with E-state index in [0.29, 0.717) is 25.2 Å². The van der Waals surface area contributed by atoms with Crippen LogP contribution in [0.15, 0.2) is 18.2 Å². The lowest BCUT2D eigenvalue weighted by molar-refractivity contribution is 0.0256. The molecule has 1 aromatic carbocycles. The lowest BCUT2D eigenvalue weighted by Crippen LogP contribution is -2.18. The first-order valence-electron chi connectivity index (χ1n) is 6.83. The minimum Gasteiger partial charge on any atom is -0.490 e. The minimum atomic E-state index is 0.174. The Hall–Kier alpha value is -0.930. The average Bonchev–Trinajstić information content (AvgIpc) is 2.83. The third-order valence-corrected chi connectivity index (χ3v) is 3.53. The molecule has 0 spiro atoms. The van der Waals surface area contributed by atoms with Gasteiger partial charge in [-0.1, -0.05) is 12.1 Å². The molecule has 0 aromatic heterocycles. The number of alkyl halides is 1. The van der Waals surface area contributed by atoms with Crippen LogP contribution in [0.3, 0.4) is 0 Å². The number of para-hydroxylation sites is 1. The lowest BCUT2D eigenvalue weighted by atomic mass is 10.2. The smallest absolute Gasteiger partial charge is 0.165 e. The summed E-state index contributed by atoms with van der Waals surface area (Å²) in [5.74, 6) is 1.92. The van der Waals surface area contributed by atoms with Crippen LogP contribution in [-0.4, -0.2) is 25.4 Å². The molecule has 2 unspecified atom stereocenters. The predicted octanol–water partition coefficient (Wildman–Crippen LogP) is 3.77. The highest BCUT2D eigenvalue weighted by Crippen LogP contribution is 2.33. The van der Waals surface area contributed by atoms with Crippen LogP contribution in [-0.2, 0) is 10.6 Å². The van der Waals surface area contributed by atoms with E-state index >= 15 is 0 Å². The van der Waals surface area contributed by atoms with Crippen molar-refractivity contribution in [3.05, 3.63) is 23.8 Å². The molecule has 0 saturated carbocycles. The van der Waals surface area contributed by atoms with Gasteiger partial charge in [0.25, 0.3) is 0 Å². The summed E-state index contributed by atoms with van der Waals surface area (Å²) in [5.41, 5.74) is 0.957.